The van der Waals surface area contributed by atoms with Gasteiger partial charge in [0.05, 0.1) is 16.6 Å². The number of ether oxygens (including phenoxy) is 1. The predicted octanol–water partition coefficient (Wildman–Crippen LogP) is 15.4. The van der Waals surface area contributed by atoms with Gasteiger partial charge in [-0.05, 0) is 67.8 Å². The Labute approximate surface area is 372 Å². The van der Waals surface area contributed by atoms with Gasteiger partial charge in [0.2, 0.25) is 0 Å². The summed E-state index contributed by atoms with van der Waals surface area (Å²) in [5.74, 6) is 2.67. The maximum absolute atomic E-state index is 7.18. The van der Waals surface area contributed by atoms with Gasteiger partial charge < -0.3 is 4.74 Å². The highest BCUT2D eigenvalue weighted by molar-refractivity contribution is 6.02. The van der Waals surface area contributed by atoms with E-state index in [4.69, 9.17) is 14.7 Å². The number of hydrogen-bond donors (Lipinski definition) is 0. The molecular weight excluding hydrogens is 777 g/mol. The lowest BCUT2D eigenvalue weighted by Gasteiger charge is -2.40. The van der Waals surface area contributed by atoms with Gasteiger partial charge >= 0.3 is 0 Å². The molecule has 300 valence electrons. The van der Waals surface area contributed by atoms with Gasteiger partial charge in [-0.15, -0.1) is 0 Å². The average molecular weight is 817 g/mol. The maximum Gasteiger partial charge on any atom is 0.160 e. The van der Waals surface area contributed by atoms with E-state index in [9.17, 15) is 0 Å². The van der Waals surface area contributed by atoms with Crippen LogP contribution in [0.1, 0.15) is 45.8 Å². The molecule has 1 aliphatic heterocycles. The average Bonchev–Trinajstić information content (AvgIpc) is 3.64. The Morgan fingerprint density at radius 2 is 1.08 bits per heavy atom. The van der Waals surface area contributed by atoms with E-state index in [0.717, 1.165) is 56.7 Å². The van der Waals surface area contributed by atoms with E-state index in [1.165, 1.54) is 66.4 Å². The highest BCUT2D eigenvalue weighted by atomic mass is 16.5. The summed E-state index contributed by atoms with van der Waals surface area (Å²) in [6, 6.07) is 69.8. The summed E-state index contributed by atoms with van der Waals surface area (Å²) in [6.45, 7) is 0. The molecule has 3 heteroatoms. The number of benzene rings is 9. The highest BCUT2D eigenvalue weighted by Crippen LogP contribution is 2.64. The zero-order chi connectivity index (χ0) is 42.2. The minimum absolute atomic E-state index is 0.0645. The van der Waals surface area contributed by atoms with Gasteiger partial charge in [-0.25, -0.2) is 9.97 Å². The van der Waals surface area contributed by atoms with E-state index in [-0.39, 0.29) is 5.92 Å². The van der Waals surface area contributed by atoms with Gasteiger partial charge in [0, 0.05) is 38.8 Å². The van der Waals surface area contributed by atoms with Crippen molar-refractivity contribution in [3.05, 3.63) is 258 Å². The zero-order valence-corrected chi connectivity index (χ0v) is 34.9. The molecule has 2 heterocycles. The second kappa shape index (κ2) is 14.5. The minimum atomic E-state index is -0.598. The highest BCUT2D eigenvalue weighted by Gasteiger charge is 2.52. The maximum atomic E-state index is 7.18. The van der Waals surface area contributed by atoms with Gasteiger partial charge in [0.25, 0.3) is 0 Å². The molecule has 1 unspecified atom stereocenters. The first-order valence-corrected chi connectivity index (χ1v) is 22.2. The second-order valence-electron chi connectivity index (χ2n) is 17.1. The Morgan fingerprint density at radius 3 is 1.84 bits per heavy atom. The number of allylic oxidation sites excluding steroid dienone is 6. The molecule has 0 N–H and O–H groups in total. The van der Waals surface area contributed by atoms with E-state index < -0.39 is 5.41 Å². The lowest BCUT2D eigenvalue weighted by Crippen LogP contribution is -2.32. The topological polar surface area (TPSA) is 35.0 Å². The van der Waals surface area contributed by atoms with Crippen molar-refractivity contribution in [3.8, 4) is 45.1 Å². The summed E-state index contributed by atoms with van der Waals surface area (Å²) in [5.41, 5.74) is 14.6. The fourth-order valence-electron chi connectivity index (χ4n) is 10.8. The Kier molecular flexibility index (Phi) is 8.26. The number of fused-ring (bicyclic) bond motifs is 14. The molecule has 2 aliphatic carbocycles. The lowest BCUT2D eigenvalue weighted by atomic mass is 9.65. The molecule has 0 radical (unpaired) electrons. The smallest absolute Gasteiger partial charge is 0.160 e. The van der Waals surface area contributed by atoms with Crippen molar-refractivity contribution in [2.24, 2.45) is 0 Å². The lowest BCUT2D eigenvalue weighted by molar-refractivity contribution is 0.447. The molecule has 0 amide bonds. The molecule has 1 atom stereocenters. The molecule has 0 bridgehead atoms. The van der Waals surface area contributed by atoms with Crippen LogP contribution in [-0.4, -0.2) is 9.97 Å². The SMILES string of the molecule is C1=C/C(c2cccc3c2-c2ccccc2C32c3ccc4ccccc4c3Oc3c2ccc2ccccc32)=C\C=C\C(c2nc(-c3ccc(-c4ccccc4)cc3)nc3ccccc23)C1. The molecule has 3 aliphatic rings. The van der Waals surface area contributed by atoms with Crippen LogP contribution in [0.5, 0.6) is 11.5 Å². The molecule has 0 saturated carbocycles. The van der Waals surface area contributed by atoms with E-state index >= 15 is 0 Å². The van der Waals surface area contributed by atoms with Gasteiger partial charge in [0.1, 0.15) is 11.5 Å². The van der Waals surface area contributed by atoms with Crippen molar-refractivity contribution in [1.82, 2.24) is 9.97 Å². The standard InChI is InChI=1S/C61H40N2O/c1-2-15-39(16-3-1)40-31-33-45(34-32-40)60-62-55-30-11-9-26-50(55)57(63-60)44-21-12-19-41(20-13-22-44)46-27-14-29-52-56(46)49-25-8-10-28-51(49)61(52)53-37-35-42-17-4-6-23-47(42)58(53)64-59-48-24-7-5-18-43(48)36-38-54(59)61/h1-21,23-38,44H,22H2/b20-13?,21-12+,41-19+. The normalized spacial score (nSPS) is 16.8. The van der Waals surface area contributed by atoms with Crippen molar-refractivity contribution in [1.29, 1.82) is 0 Å². The van der Waals surface area contributed by atoms with Crippen molar-refractivity contribution in [2.75, 3.05) is 0 Å². The van der Waals surface area contributed by atoms with E-state index in [1.807, 2.05) is 6.07 Å². The third kappa shape index (κ3) is 5.47. The first-order valence-electron chi connectivity index (χ1n) is 22.2. The third-order valence-corrected chi connectivity index (χ3v) is 13.7. The minimum Gasteiger partial charge on any atom is -0.455 e. The van der Waals surface area contributed by atoms with Crippen LogP contribution in [0.3, 0.4) is 0 Å². The monoisotopic (exact) mass is 816 g/mol. The van der Waals surface area contributed by atoms with Gasteiger partial charge in [-0.2, -0.15) is 0 Å². The van der Waals surface area contributed by atoms with Gasteiger partial charge in [-0.1, -0.05) is 218 Å². The van der Waals surface area contributed by atoms with Crippen LogP contribution >= 0.6 is 0 Å². The van der Waals surface area contributed by atoms with Gasteiger partial charge in [-0.3, -0.25) is 0 Å². The summed E-state index contributed by atoms with van der Waals surface area (Å²) in [5, 5.41) is 5.66. The van der Waals surface area contributed by atoms with E-state index in [1.54, 1.807) is 0 Å². The molecule has 13 rings (SSSR count). The quantitative estimate of drug-likeness (QED) is 0.177. The zero-order valence-electron chi connectivity index (χ0n) is 34.9. The van der Waals surface area contributed by atoms with Crippen molar-refractivity contribution in [2.45, 2.75) is 17.8 Å². The second-order valence-corrected chi connectivity index (χ2v) is 17.1. The molecule has 3 nitrogen and oxygen atoms in total. The van der Waals surface area contributed by atoms with Crippen LogP contribution in [0.4, 0.5) is 0 Å². The number of rotatable bonds is 4. The summed E-state index contributed by atoms with van der Waals surface area (Å²) in [7, 11) is 0. The Hall–Kier alpha value is -8.14. The number of para-hydroxylation sites is 1. The van der Waals surface area contributed by atoms with E-state index in [2.05, 4.69) is 218 Å². The molecule has 9 aromatic carbocycles. The Balaban J connectivity index is 0.944. The molecule has 10 aromatic rings. The van der Waals surface area contributed by atoms with Crippen molar-refractivity contribution < 1.29 is 4.74 Å². The summed E-state index contributed by atoms with van der Waals surface area (Å²) < 4.78 is 7.18. The van der Waals surface area contributed by atoms with Crippen molar-refractivity contribution >= 4 is 38.0 Å². The largest absolute Gasteiger partial charge is 0.455 e. The Bertz CT molecular complexity index is 3530. The first-order chi connectivity index (χ1) is 31.7. The fourth-order valence-corrected chi connectivity index (χ4v) is 10.8. The van der Waals surface area contributed by atoms with Crippen LogP contribution in [0.25, 0.3) is 71.7 Å². The third-order valence-electron chi connectivity index (χ3n) is 13.7. The van der Waals surface area contributed by atoms with Crippen LogP contribution in [0, 0.1) is 0 Å². The number of aromatic nitrogens is 2. The fraction of sp³-hybridized carbons (Fsp3) is 0.0492. The van der Waals surface area contributed by atoms with Crippen LogP contribution in [0.15, 0.2) is 225 Å². The summed E-state index contributed by atoms with van der Waals surface area (Å²) >= 11 is 0. The van der Waals surface area contributed by atoms with E-state index in [0.29, 0.717) is 0 Å². The van der Waals surface area contributed by atoms with Gasteiger partial charge in [0.15, 0.2) is 5.82 Å². The summed E-state index contributed by atoms with van der Waals surface area (Å²) in [4.78, 5) is 10.4. The molecule has 0 fully saturated rings. The summed E-state index contributed by atoms with van der Waals surface area (Å²) in [6.07, 6.45) is 12.3. The predicted molar refractivity (Wildman–Crippen MR) is 263 cm³/mol. The molecular formula is C61H40N2O. The number of nitrogens with zero attached hydrogens (tertiary/aromatic N) is 2. The molecule has 1 aromatic heterocycles. The molecule has 1 spiro atoms. The first kappa shape index (κ1) is 36.5. The molecule has 64 heavy (non-hydrogen) atoms. The Morgan fingerprint density at radius 1 is 0.469 bits per heavy atom. The van der Waals surface area contributed by atoms with Crippen molar-refractivity contribution in [3.63, 3.8) is 0 Å². The van der Waals surface area contributed by atoms with Crippen LogP contribution in [0.2, 0.25) is 0 Å². The number of hydrogen-bond acceptors (Lipinski definition) is 3. The van der Waals surface area contributed by atoms with Crippen LogP contribution in [-0.2, 0) is 5.41 Å². The van der Waals surface area contributed by atoms with Crippen LogP contribution < -0.4 is 4.74 Å². The molecule has 0 saturated heterocycles.